The first kappa shape index (κ1) is 13.1. The van der Waals surface area contributed by atoms with Crippen molar-refractivity contribution in [2.45, 2.75) is 19.8 Å². The predicted molar refractivity (Wildman–Crippen MR) is 73.7 cm³/mol. The Kier molecular flexibility index (Phi) is 3.50. The summed E-state index contributed by atoms with van der Waals surface area (Å²) in [7, 11) is 1.72. The molecule has 0 bridgehead atoms. The summed E-state index contributed by atoms with van der Waals surface area (Å²) < 4.78 is 1.60. The molecule has 0 amide bonds. The molecular weight excluding hydrogens is 244 g/mol. The van der Waals surface area contributed by atoms with Crippen molar-refractivity contribution in [3.05, 3.63) is 46.3 Å². The number of aryl methyl sites for hydroxylation is 1. The van der Waals surface area contributed by atoms with E-state index in [9.17, 15) is 10.1 Å². The van der Waals surface area contributed by atoms with Crippen molar-refractivity contribution < 1.29 is 4.92 Å². The zero-order valence-corrected chi connectivity index (χ0v) is 11.1. The first-order valence-corrected chi connectivity index (χ1v) is 6.01. The molecule has 1 aromatic heterocycles. The molecule has 2 aromatic rings. The van der Waals surface area contributed by atoms with Gasteiger partial charge in [0.2, 0.25) is 12.1 Å². The molecule has 6 nitrogen and oxygen atoms in total. The van der Waals surface area contributed by atoms with Crippen LogP contribution in [0.4, 0.5) is 17.3 Å². The molecule has 0 saturated heterocycles. The standard InChI is InChI=1S/C13H16N4O2/c1-9(2)10-5-4-6-11(7-10)15-13-12(17(18)19)14-8-16(13)3/h4-9,15H,1-3H3. The number of nitrogens with one attached hydrogen (secondary N) is 1. The van der Waals surface area contributed by atoms with Crippen molar-refractivity contribution in [3.8, 4) is 0 Å². The van der Waals surface area contributed by atoms with Gasteiger partial charge < -0.3 is 15.4 Å². The zero-order chi connectivity index (χ0) is 14.0. The van der Waals surface area contributed by atoms with Crippen LogP contribution < -0.4 is 5.32 Å². The van der Waals surface area contributed by atoms with Crippen molar-refractivity contribution in [3.63, 3.8) is 0 Å². The van der Waals surface area contributed by atoms with Crippen molar-refractivity contribution in [1.82, 2.24) is 9.55 Å². The summed E-state index contributed by atoms with van der Waals surface area (Å²) in [5.74, 6) is 0.617. The number of nitrogens with zero attached hydrogens (tertiary/aromatic N) is 3. The van der Waals surface area contributed by atoms with E-state index in [1.807, 2.05) is 24.3 Å². The molecule has 1 N–H and O–H groups in total. The van der Waals surface area contributed by atoms with E-state index in [2.05, 4.69) is 24.1 Å². The summed E-state index contributed by atoms with van der Waals surface area (Å²) >= 11 is 0. The Hall–Kier alpha value is -2.37. The molecule has 0 unspecified atom stereocenters. The molecule has 1 heterocycles. The summed E-state index contributed by atoms with van der Waals surface area (Å²) in [5.41, 5.74) is 1.99. The summed E-state index contributed by atoms with van der Waals surface area (Å²) in [6.45, 7) is 4.21. The molecular formula is C13H16N4O2. The molecule has 0 aliphatic heterocycles. The Labute approximate surface area is 111 Å². The largest absolute Gasteiger partial charge is 0.406 e. The minimum absolute atomic E-state index is 0.169. The molecule has 19 heavy (non-hydrogen) atoms. The second-order valence-electron chi connectivity index (χ2n) is 4.69. The Balaban J connectivity index is 2.33. The zero-order valence-electron chi connectivity index (χ0n) is 11.1. The van der Waals surface area contributed by atoms with Crippen LogP contribution in [0, 0.1) is 10.1 Å². The first-order chi connectivity index (χ1) is 8.99. The third-order valence-electron chi connectivity index (χ3n) is 2.91. The third kappa shape index (κ3) is 2.73. The smallest absolute Gasteiger partial charge is 0.358 e. The molecule has 6 heteroatoms. The molecule has 0 aliphatic rings. The average molecular weight is 260 g/mol. The van der Waals surface area contributed by atoms with Gasteiger partial charge in [0.15, 0.2) is 0 Å². The van der Waals surface area contributed by atoms with Crippen molar-refractivity contribution in [2.75, 3.05) is 5.32 Å². The van der Waals surface area contributed by atoms with E-state index in [-0.39, 0.29) is 5.82 Å². The SMILES string of the molecule is CC(C)c1cccc(Nc2c([N+](=O)[O-])ncn2C)c1. The monoisotopic (exact) mass is 260 g/mol. The molecule has 100 valence electrons. The lowest BCUT2D eigenvalue weighted by atomic mass is 10.0. The number of hydrogen-bond acceptors (Lipinski definition) is 4. The Bertz CT molecular complexity index is 604. The molecule has 0 atom stereocenters. The van der Waals surface area contributed by atoms with Gasteiger partial charge in [-0.15, -0.1) is 0 Å². The molecule has 0 aliphatic carbocycles. The Morgan fingerprint density at radius 2 is 2.16 bits per heavy atom. The van der Waals surface area contributed by atoms with Gasteiger partial charge >= 0.3 is 5.82 Å². The van der Waals surface area contributed by atoms with E-state index in [0.29, 0.717) is 11.7 Å². The highest BCUT2D eigenvalue weighted by molar-refractivity contribution is 5.64. The van der Waals surface area contributed by atoms with E-state index >= 15 is 0 Å². The fourth-order valence-corrected chi connectivity index (χ4v) is 1.81. The topological polar surface area (TPSA) is 73.0 Å². The fourth-order valence-electron chi connectivity index (χ4n) is 1.81. The Morgan fingerprint density at radius 3 is 2.79 bits per heavy atom. The number of aromatic nitrogens is 2. The number of benzene rings is 1. The summed E-state index contributed by atoms with van der Waals surface area (Å²) in [6, 6.07) is 7.83. The van der Waals surface area contributed by atoms with Crippen LogP contribution in [-0.2, 0) is 7.05 Å². The average Bonchev–Trinajstić information content (AvgIpc) is 2.71. The van der Waals surface area contributed by atoms with E-state index in [4.69, 9.17) is 0 Å². The number of rotatable bonds is 4. The lowest BCUT2D eigenvalue weighted by molar-refractivity contribution is -0.388. The minimum Gasteiger partial charge on any atom is -0.358 e. The third-order valence-corrected chi connectivity index (χ3v) is 2.91. The van der Waals surface area contributed by atoms with Crippen LogP contribution in [0.3, 0.4) is 0 Å². The van der Waals surface area contributed by atoms with Crippen LogP contribution in [0.15, 0.2) is 30.6 Å². The van der Waals surface area contributed by atoms with Gasteiger partial charge in [-0.25, -0.2) is 0 Å². The van der Waals surface area contributed by atoms with Gasteiger partial charge in [0.05, 0.1) is 0 Å². The Morgan fingerprint density at radius 1 is 1.42 bits per heavy atom. The van der Waals surface area contributed by atoms with Crippen LogP contribution in [0.25, 0.3) is 0 Å². The number of imidazole rings is 1. The molecule has 0 spiro atoms. The van der Waals surface area contributed by atoms with Gasteiger partial charge in [0.25, 0.3) is 0 Å². The predicted octanol–water partition coefficient (Wildman–Crippen LogP) is 3.20. The second-order valence-corrected chi connectivity index (χ2v) is 4.69. The lowest BCUT2D eigenvalue weighted by Gasteiger charge is -2.10. The maximum Gasteiger partial charge on any atom is 0.406 e. The normalized spacial score (nSPS) is 10.7. The minimum atomic E-state index is -0.491. The van der Waals surface area contributed by atoms with Crippen LogP contribution >= 0.6 is 0 Å². The maximum atomic E-state index is 10.9. The highest BCUT2D eigenvalue weighted by atomic mass is 16.6. The van der Waals surface area contributed by atoms with Crippen molar-refractivity contribution in [1.29, 1.82) is 0 Å². The van der Waals surface area contributed by atoms with E-state index < -0.39 is 4.92 Å². The summed E-state index contributed by atoms with van der Waals surface area (Å²) in [4.78, 5) is 14.2. The van der Waals surface area contributed by atoms with Gasteiger partial charge in [-0.1, -0.05) is 26.0 Å². The number of nitro groups is 1. The molecule has 2 rings (SSSR count). The van der Waals surface area contributed by atoms with E-state index in [1.54, 1.807) is 11.6 Å². The summed E-state index contributed by atoms with van der Waals surface area (Å²) in [5, 5.41) is 13.9. The molecule has 0 radical (unpaired) electrons. The van der Waals surface area contributed by atoms with E-state index in [1.165, 1.54) is 11.9 Å². The van der Waals surface area contributed by atoms with Gasteiger partial charge in [-0.2, -0.15) is 0 Å². The lowest BCUT2D eigenvalue weighted by Crippen LogP contribution is -2.01. The van der Waals surface area contributed by atoms with Gasteiger partial charge in [0, 0.05) is 12.7 Å². The van der Waals surface area contributed by atoms with Crippen LogP contribution in [0.2, 0.25) is 0 Å². The highest BCUT2D eigenvalue weighted by Crippen LogP contribution is 2.27. The molecule has 0 fully saturated rings. The van der Waals surface area contributed by atoms with E-state index in [0.717, 1.165) is 5.69 Å². The van der Waals surface area contributed by atoms with Crippen molar-refractivity contribution in [2.24, 2.45) is 7.05 Å². The highest BCUT2D eigenvalue weighted by Gasteiger charge is 2.20. The van der Waals surface area contributed by atoms with Crippen LogP contribution in [0.5, 0.6) is 0 Å². The first-order valence-electron chi connectivity index (χ1n) is 6.01. The summed E-state index contributed by atoms with van der Waals surface area (Å²) in [6.07, 6.45) is 1.42. The molecule has 0 saturated carbocycles. The van der Waals surface area contributed by atoms with Gasteiger partial charge in [0.1, 0.15) is 0 Å². The van der Waals surface area contributed by atoms with Crippen molar-refractivity contribution >= 4 is 17.3 Å². The van der Waals surface area contributed by atoms with Crippen LogP contribution in [-0.4, -0.2) is 14.5 Å². The van der Waals surface area contributed by atoms with Gasteiger partial charge in [-0.05, 0) is 33.5 Å². The number of anilines is 2. The second kappa shape index (κ2) is 5.09. The van der Waals surface area contributed by atoms with Crippen LogP contribution in [0.1, 0.15) is 25.3 Å². The number of hydrogen-bond donors (Lipinski definition) is 1. The maximum absolute atomic E-state index is 10.9. The quantitative estimate of drug-likeness (QED) is 0.676. The molecule has 1 aromatic carbocycles. The fraction of sp³-hybridized carbons (Fsp3) is 0.308. The van der Waals surface area contributed by atoms with Gasteiger partial charge in [-0.3, -0.25) is 4.57 Å².